The first-order valence-electron chi connectivity index (χ1n) is 10.1. The summed E-state index contributed by atoms with van der Waals surface area (Å²) < 4.78 is 28.5. The van der Waals surface area contributed by atoms with Crippen molar-refractivity contribution in [2.24, 2.45) is 11.1 Å². The molecule has 1 fully saturated rings. The van der Waals surface area contributed by atoms with Crippen molar-refractivity contribution >= 4 is 27.3 Å². The van der Waals surface area contributed by atoms with E-state index in [1.807, 2.05) is 12.1 Å². The molecule has 0 aliphatic heterocycles. The molecule has 2 aliphatic carbocycles. The number of nitrogens with zero attached hydrogens (tertiary/aromatic N) is 5. The molecule has 0 radical (unpaired) electrons. The molecule has 4 atom stereocenters. The van der Waals surface area contributed by atoms with Crippen LogP contribution in [0.3, 0.4) is 0 Å². The van der Waals surface area contributed by atoms with Gasteiger partial charge in [0.25, 0.3) is 0 Å². The molecule has 4 N–H and O–H groups in total. The van der Waals surface area contributed by atoms with Crippen LogP contribution in [0.4, 0.5) is 5.82 Å². The van der Waals surface area contributed by atoms with Crippen LogP contribution in [0.15, 0.2) is 30.6 Å². The van der Waals surface area contributed by atoms with Gasteiger partial charge in [-0.25, -0.2) is 19.8 Å². The fourth-order valence-corrected chi connectivity index (χ4v) is 4.99. The van der Waals surface area contributed by atoms with Crippen molar-refractivity contribution < 1.29 is 17.7 Å². The number of aryl methyl sites for hydroxylation is 1. The molecule has 1 aromatic carbocycles. The molecular formula is C19H23N7O4S. The van der Waals surface area contributed by atoms with E-state index in [1.165, 1.54) is 17.5 Å². The summed E-state index contributed by atoms with van der Waals surface area (Å²) in [5.74, 6) is 0.239. The molecule has 2 aromatic heterocycles. The first kappa shape index (κ1) is 20.2. The normalized spacial score (nSPS) is 25.7. The lowest BCUT2D eigenvalue weighted by molar-refractivity contribution is 0.100. The molecule has 2 aliphatic rings. The quantitative estimate of drug-likeness (QED) is 0.500. The van der Waals surface area contributed by atoms with Crippen LogP contribution < -0.4 is 10.5 Å². The third-order valence-electron chi connectivity index (χ3n) is 6.13. The Morgan fingerprint density at radius 2 is 2.10 bits per heavy atom. The highest BCUT2D eigenvalue weighted by molar-refractivity contribution is 7.84. The summed E-state index contributed by atoms with van der Waals surface area (Å²) in [6.07, 6.45) is 3.58. The number of nitrogens with two attached hydrogens (primary N) is 1. The molecule has 164 valence electrons. The van der Waals surface area contributed by atoms with Crippen LogP contribution in [0, 0.1) is 5.92 Å². The minimum atomic E-state index is -4.05. The van der Waals surface area contributed by atoms with Crippen molar-refractivity contribution in [1.82, 2.24) is 25.0 Å². The predicted molar refractivity (Wildman–Crippen MR) is 111 cm³/mol. The van der Waals surface area contributed by atoms with Gasteiger partial charge >= 0.3 is 10.3 Å². The number of benzene rings is 1. The van der Waals surface area contributed by atoms with Crippen LogP contribution in [0.25, 0.3) is 11.2 Å². The van der Waals surface area contributed by atoms with E-state index in [0.29, 0.717) is 29.8 Å². The van der Waals surface area contributed by atoms with E-state index in [4.69, 9.17) is 5.14 Å². The van der Waals surface area contributed by atoms with Crippen molar-refractivity contribution in [2.45, 2.75) is 43.9 Å². The molecule has 12 heteroatoms. The highest BCUT2D eigenvalue weighted by Gasteiger charge is 2.36. The highest BCUT2D eigenvalue weighted by Crippen LogP contribution is 2.37. The van der Waals surface area contributed by atoms with Gasteiger partial charge in [-0.3, -0.25) is 4.18 Å². The zero-order valence-corrected chi connectivity index (χ0v) is 17.4. The van der Waals surface area contributed by atoms with E-state index in [9.17, 15) is 13.5 Å². The number of hydrogen-bond acceptors (Lipinski definition) is 9. The third-order valence-corrected chi connectivity index (χ3v) is 6.59. The topological polar surface area (TPSA) is 158 Å². The molecule has 3 aromatic rings. The molecule has 0 amide bonds. The van der Waals surface area contributed by atoms with Gasteiger partial charge in [0.1, 0.15) is 6.33 Å². The maximum Gasteiger partial charge on any atom is 0.333 e. The predicted octanol–water partition coefficient (Wildman–Crippen LogP) is 0.853. The van der Waals surface area contributed by atoms with Gasteiger partial charge in [0.05, 0.1) is 24.8 Å². The maximum atomic E-state index is 11.1. The van der Waals surface area contributed by atoms with Gasteiger partial charge in [-0.1, -0.05) is 29.5 Å². The molecule has 1 saturated carbocycles. The van der Waals surface area contributed by atoms with Gasteiger partial charge in [0.2, 0.25) is 0 Å². The van der Waals surface area contributed by atoms with Crippen LogP contribution in [0.5, 0.6) is 0 Å². The van der Waals surface area contributed by atoms with Crippen LogP contribution in [-0.4, -0.2) is 51.2 Å². The minimum Gasteiger partial charge on any atom is -0.393 e. The second-order valence-electron chi connectivity index (χ2n) is 8.09. The lowest BCUT2D eigenvalue weighted by Gasteiger charge is -2.15. The summed E-state index contributed by atoms with van der Waals surface area (Å²) >= 11 is 0. The Bertz CT molecular complexity index is 1210. The fourth-order valence-electron chi connectivity index (χ4n) is 4.62. The molecule has 2 heterocycles. The summed E-state index contributed by atoms with van der Waals surface area (Å²) in [6.45, 7) is -0.175. The molecule has 31 heavy (non-hydrogen) atoms. The lowest BCUT2D eigenvalue weighted by atomic mass is 10.1. The summed E-state index contributed by atoms with van der Waals surface area (Å²) in [7, 11) is -4.05. The number of hydrogen-bond donors (Lipinski definition) is 3. The smallest absolute Gasteiger partial charge is 0.333 e. The van der Waals surface area contributed by atoms with E-state index in [0.717, 1.165) is 12.8 Å². The SMILES string of the molecule is NS(=O)(=O)OC[C@@H]1C[C@@H](n2nnc3c(N[C@H]4CCc5ccccc54)ncnc32)C[C@@H]1O. The zero-order valence-electron chi connectivity index (χ0n) is 16.6. The van der Waals surface area contributed by atoms with Gasteiger partial charge in [0, 0.05) is 5.92 Å². The van der Waals surface area contributed by atoms with Gasteiger partial charge in [0.15, 0.2) is 17.0 Å². The number of fused-ring (bicyclic) bond motifs is 2. The van der Waals surface area contributed by atoms with E-state index < -0.39 is 16.4 Å². The standard InChI is InChI=1S/C19H23N7O4S/c20-31(28,29)30-9-12-7-13(8-16(12)27)26-19-17(24-25-26)18(21-10-22-19)23-15-6-5-11-3-1-2-4-14(11)15/h1-4,10,12-13,15-16,27H,5-9H2,(H2,20,28,29)(H,21,22,23)/t12-,13+,15-,16-/m0/s1. The number of aliphatic hydroxyl groups is 1. The van der Waals surface area contributed by atoms with Crippen molar-refractivity contribution in [3.05, 3.63) is 41.7 Å². The number of nitrogens with one attached hydrogen (secondary N) is 1. The zero-order chi connectivity index (χ0) is 21.6. The summed E-state index contributed by atoms with van der Waals surface area (Å²) in [5.41, 5.74) is 3.72. The Hall–Kier alpha value is -2.67. The molecule has 0 spiro atoms. The van der Waals surface area contributed by atoms with Crippen molar-refractivity contribution in [2.75, 3.05) is 11.9 Å². The summed E-state index contributed by atoms with van der Waals surface area (Å²) in [6, 6.07) is 8.30. The van der Waals surface area contributed by atoms with E-state index >= 15 is 0 Å². The van der Waals surface area contributed by atoms with E-state index in [-0.39, 0.29) is 24.6 Å². The maximum absolute atomic E-state index is 11.1. The monoisotopic (exact) mass is 445 g/mol. The molecule has 5 rings (SSSR count). The number of aliphatic hydroxyl groups excluding tert-OH is 1. The summed E-state index contributed by atoms with van der Waals surface area (Å²) in [5, 5.41) is 27.3. The average molecular weight is 446 g/mol. The number of aromatic nitrogens is 5. The number of rotatable bonds is 6. The first-order valence-corrected chi connectivity index (χ1v) is 11.6. The van der Waals surface area contributed by atoms with Gasteiger partial charge in [-0.15, -0.1) is 5.10 Å². The van der Waals surface area contributed by atoms with Crippen LogP contribution in [-0.2, 0) is 20.9 Å². The molecule has 0 unspecified atom stereocenters. The van der Waals surface area contributed by atoms with E-state index in [1.54, 1.807) is 4.68 Å². The molecular weight excluding hydrogens is 422 g/mol. The second-order valence-corrected chi connectivity index (χ2v) is 9.31. The van der Waals surface area contributed by atoms with Gasteiger partial charge in [-0.2, -0.15) is 8.42 Å². The Labute approximate surface area is 178 Å². The van der Waals surface area contributed by atoms with Gasteiger partial charge in [-0.05, 0) is 36.8 Å². The van der Waals surface area contributed by atoms with Crippen molar-refractivity contribution in [3.8, 4) is 0 Å². The first-order chi connectivity index (χ1) is 14.9. The Kier molecular flexibility index (Phi) is 5.08. The van der Waals surface area contributed by atoms with Crippen LogP contribution in [0.2, 0.25) is 0 Å². The summed E-state index contributed by atoms with van der Waals surface area (Å²) in [4.78, 5) is 8.74. The Morgan fingerprint density at radius 3 is 2.94 bits per heavy atom. The van der Waals surface area contributed by atoms with Crippen molar-refractivity contribution in [3.63, 3.8) is 0 Å². The fraction of sp³-hybridized carbons (Fsp3) is 0.474. The van der Waals surface area contributed by atoms with Gasteiger partial charge < -0.3 is 10.4 Å². The Balaban J connectivity index is 1.37. The molecule has 0 saturated heterocycles. The van der Waals surface area contributed by atoms with Crippen LogP contribution >= 0.6 is 0 Å². The van der Waals surface area contributed by atoms with E-state index in [2.05, 4.69) is 41.9 Å². The Morgan fingerprint density at radius 1 is 1.26 bits per heavy atom. The average Bonchev–Trinajstić information content (AvgIpc) is 3.43. The second kappa shape index (κ2) is 7.79. The minimum absolute atomic E-state index is 0.146. The third kappa shape index (κ3) is 3.99. The molecule has 0 bridgehead atoms. The lowest BCUT2D eigenvalue weighted by Crippen LogP contribution is -2.24. The molecule has 11 nitrogen and oxygen atoms in total. The highest BCUT2D eigenvalue weighted by atomic mass is 32.2. The van der Waals surface area contributed by atoms with Crippen LogP contribution in [0.1, 0.15) is 42.5 Å². The van der Waals surface area contributed by atoms with Crippen molar-refractivity contribution in [1.29, 1.82) is 0 Å². The number of anilines is 1. The largest absolute Gasteiger partial charge is 0.393 e.